The first kappa shape index (κ1) is 10.1. The number of carbonyl (C=O) groups excluding carboxylic acids is 1. The van der Waals surface area contributed by atoms with Crippen LogP contribution in [0.3, 0.4) is 0 Å². The highest BCUT2D eigenvalue weighted by molar-refractivity contribution is 5.93. The maximum absolute atomic E-state index is 11.6. The summed E-state index contributed by atoms with van der Waals surface area (Å²) >= 11 is 0. The molecular formula is C11H15N3O. The molecule has 1 fully saturated rings. The largest absolute Gasteiger partial charge is 0.352 e. The van der Waals surface area contributed by atoms with E-state index in [1.165, 1.54) is 0 Å². The minimum absolute atomic E-state index is 0.00991. The second kappa shape index (κ2) is 4.89. The van der Waals surface area contributed by atoms with Gasteiger partial charge < -0.3 is 10.6 Å². The fraction of sp³-hybridized carbons (Fsp3) is 0.455. The van der Waals surface area contributed by atoms with Crippen LogP contribution in [-0.4, -0.2) is 30.5 Å². The molecule has 4 nitrogen and oxygen atoms in total. The van der Waals surface area contributed by atoms with Gasteiger partial charge in [0.25, 0.3) is 5.91 Å². The maximum Gasteiger partial charge on any atom is 0.251 e. The molecule has 0 radical (unpaired) electrons. The Bertz CT molecular complexity index is 320. The molecule has 1 atom stereocenters. The van der Waals surface area contributed by atoms with Gasteiger partial charge >= 0.3 is 0 Å². The Balaban J connectivity index is 1.82. The van der Waals surface area contributed by atoms with Crippen molar-refractivity contribution in [2.75, 3.05) is 19.6 Å². The number of amides is 1. The first-order valence-corrected chi connectivity index (χ1v) is 5.25. The summed E-state index contributed by atoms with van der Waals surface area (Å²) in [6.07, 6.45) is 4.41. The zero-order valence-corrected chi connectivity index (χ0v) is 8.57. The Morgan fingerprint density at radius 2 is 2.33 bits per heavy atom. The summed E-state index contributed by atoms with van der Waals surface area (Å²) in [7, 11) is 0. The third kappa shape index (κ3) is 2.76. The number of hydrogen-bond acceptors (Lipinski definition) is 3. The van der Waals surface area contributed by atoms with Crippen molar-refractivity contribution >= 4 is 5.91 Å². The van der Waals surface area contributed by atoms with Gasteiger partial charge in [0, 0.05) is 24.5 Å². The van der Waals surface area contributed by atoms with Crippen molar-refractivity contribution in [2.45, 2.75) is 6.42 Å². The van der Waals surface area contributed by atoms with Crippen LogP contribution >= 0.6 is 0 Å². The fourth-order valence-corrected chi connectivity index (χ4v) is 1.73. The third-order valence-corrected chi connectivity index (χ3v) is 2.66. The number of nitrogens with one attached hydrogen (secondary N) is 2. The van der Waals surface area contributed by atoms with Crippen LogP contribution in [0, 0.1) is 5.92 Å². The van der Waals surface area contributed by atoms with Gasteiger partial charge in [-0.1, -0.05) is 0 Å². The van der Waals surface area contributed by atoms with Gasteiger partial charge in [0.15, 0.2) is 0 Å². The lowest BCUT2D eigenvalue weighted by atomic mass is 10.1. The average Bonchev–Trinajstić information content (AvgIpc) is 2.80. The van der Waals surface area contributed by atoms with E-state index in [0.29, 0.717) is 11.5 Å². The highest BCUT2D eigenvalue weighted by Gasteiger charge is 2.15. The fourth-order valence-electron chi connectivity index (χ4n) is 1.73. The predicted molar refractivity (Wildman–Crippen MR) is 57.5 cm³/mol. The molecule has 15 heavy (non-hydrogen) atoms. The minimum Gasteiger partial charge on any atom is -0.352 e. The molecule has 80 valence electrons. The summed E-state index contributed by atoms with van der Waals surface area (Å²) in [5.74, 6) is 0.570. The van der Waals surface area contributed by atoms with Crippen molar-refractivity contribution in [3.05, 3.63) is 30.1 Å². The van der Waals surface area contributed by atoms with Crippen LogP contribution in [0.5, 0.6) is 0 Å². The van der Waals surface area contributed by atoms with E-state index >= 15 is 0 Å². The molecule has 0 aliphatic carbocycles. The maximum atomic E-state index is 11.6. The van der Waals surface area contributed by atoms with E-state index in [0.717, 1.165) is 26.1 Å². The lowest BCUT2D eigenvalue weighted by Crippen LogP contribution is -2.30. The van der Waals surface area contributed by atoms with Crippen LogP contribution in [0.1, 0.15) is 16.8 Å². The van der Waals surface area contributed by atoms with E-state index in [1.54, 1.807) is 24.5 Å². The van der Waals surface area contributed by atoms with Crippen LogP contribution in [0.4, 0.5) is 0 Å². The predicted octanol–water partition coefficient (Wildman–Crippen LogP) is 0.421. The summed E-state index contributed by atoms with van der Waals surface area (Å²) in [6.45, 7) is 2.83. The number of rotatable bonds is 3. The van der Waals surface area contributed by atoms with E-state index in [9.17, 15) is 4.79 Å². The van der Waals surface area contributed by atoms with Gasteiger partial charge in [-0.15, -0.1) is 0 Å². The second-order valence-electron chi connectivity index (χ2n) is 3.80. The van der Waals surface area contributed by atoms with Crippen molar-refractivity contribution in [2.24, 2.45) is 5.92 Å². The Morgan fingerprint density at radius 1 is 1.53 bits per heavy atom. The number of pyridine rings is 1. The van der Waals surface area contributed by atoms with Crippen molar-refractivity contribution in [1.82, 2.24) is 15.6 Å². The van der Waals surface area contributed by atoms with Crippen molar-refractivity contribution < 1.29 is 4.79 Å². The lowest BCUT2D eigenvalue weighted by molar-refractivity contribution is 0.0948. The molecule has 1 aliphatic heterocycles. The van der Waals surface area contributed by atoms with Crippen LogP contribution in [0.25, 0.3) is 0 Å². The quantitative estimate of drug-likeness (QED) is 0.752. The molecule has 1 aliphatic rings. The van der Waals surface area contributed by atoms with Gasteiger partial charge in [0.05, 0.1) is 0 Å². The molecule has 2 N–H and O–H groups in total. The average molecular weight is 205 g/mol. The SMILES string of the molecule is O=C(NCC1CCNC1)c1ccncc1. The zero-order chi connectivity index (χ0) is 10.5. The molecule has 1 aromatic rings. The molecule has 0 spiro atoms. The van der Waals surface area contributed by atoms with E-state index in [-0.39, 0.29) is 5.91 Å². The van der Waals surface area contributed by atoms with E-state index in [2.05, 4.69) is 15.6 Å². The molecule has 0 bridgehead atoms. The number of hydrogen-bond donors (Lipinski definition) is 2. The molecule has 4 heteroatoms. The Hall–Kier alpha value is -1.42. The molecule has 1 aromatic heterocycles. The molecular weight excluding hydrogens is 190 g/mol. The van der Waals surface area contributed by atoms with Crippen LogP contribution < -0.4 is 10.6 Å². The molecule has 1 unspecified atom stereocenters. The standard InChI is InChI=1S/C11H15N3O/c15-11(10-2-5-12-6-3-10)14-8-9-1-4-13-7-9/h2-3,5-6,9,13H,1,4,7-8H2,(H,14,15). The van der Waals surface area contributed by atoms with Gasteiger partial charge in [-0.2, -0.15) is 0 Å². The third-order valence-electron chi connectivity index (χ3n) is 2.66. The van der Waals surface area contributed by atoms with E-state index in [4.69, 9.17) is 0 Å². The lowest BCUT2D eigenvalue weighted by Gasteiger charge is -2.09. The monoisotopic (exact) mass is 205 g/mol. The summed E-state index contributed by atoms with van der Waals surface area (Å²) in [6, 6.07) is 3.45. The van der Waals surface area contributed by atoms with E-state index in [1.807, 2.05) is 0 Å². The summed E-state index contributed by atoms with van der Waals surface area (Å²) < 4.78 is 0. The molecule has 2 rings (SSSR count). The highest BCUT2D eigenvalue weighted by atomic mass is 16.1. The van der Waals surface area contributed by atoms with Crippen LogP contribution in [0.15, 0.2) is 24.5 Å². The van der Waals surface area contributed by atoms with Crippen molar-refractivity contribution in [3.63, 3.8) is 0 Å². The van der Waals surface area contributed by atoms with E-state index < -0.39 is 0 Å². The number of nitrogens with zero attached hydrogens (tertiary/aromatic N) is 1. The van der Waals surface area contributed by atoms with Gasteiger partial charge in [0.1, 0.15) is 0 Å². The highest BCUT2D eigenvalue weighted by Crippen LogP contribution is 2.05. The molecule has 0 saturated carbocycles. The molecule has 1 saturated heterocycles. The summed E-state index contributed by atoms with van der Waals surface area (Å²) in [5.41, 5.74) is 0.677. The van der Waals surface area contributed by atoms with Gasteiger partial charge in [-0.3, -0.25) is 9.78 Å². The summed E-state index contributed by atoms with van der Waals surface area (Å²) in [5, 5.41) is 6.21. The Labute approximate surface area is 89.1 Å². The summed E-state index contributed by atoms with van der Waals surface area (Å²) in [4.78, 5) is 15.5. The van der Waals surface area contributed by atoms with Crippen molar-refractivity contribution in [3.8, 4) is 0 Å². The van der Waals surface area contributed by atoms with Crippen LogP contribution in [0.2, 0.25) is 0 Å². The molecule has 0 aromatic carbocycles. The zero-order valence-electron chi connectivity index (χ0n) is 8.57. The smallest absolute Gasteiger partial charge is 0.251 e. The second-order valence-corrected chi connectivity index (χ2v) is 3.80. The van der Waals surface area contributed by atoms with Crippen molar-refractivity contribution in [1.29, 1.82) is 0 Å². The first-order valence-electron chi connectivity index (χ1n) is 5.25. The van der Waals surface area contributed by atoms with Crippen LogP contribution in [-0.2, 0) is 0 Å². The topological polar surface area (TPSA) is 54.0 Å². The Kier molecular flexibility index (Phi) is 3.29. The number of aromatic nitrogens is 1. The van der Waals surface area contributed by atoms with Gasteiger partial charge in [-0.05, 0) is 37.6 Å². The first-order chi connectivity index (χ1) is 7.36. The van der Waals surface area contributed by atoms with Gasteiger partial charge in [-0.25, -0.2) is 0 Å². The molecule has 2 heterocycles. The normalized spacial score (nSPS) is 20.1. The number of carbonyl (C=O) groups is 1. The Morgan fingerprint density at radius 3 is 3.00 bits per heavy atom. The molecule has 1 amide bonds. The van der Waals surface area contributed by atoms with Gasteiger partial charge in [0.2, 0.25) is 0 Å². The minimum atomic E-state index is -0.00991.